The van der Waals surface area contributed by atoms with Crippen molar-refractivity contribution in [2.45, 2.75) is 13.8 Å². The molecule has 0 aliphatic rings. The lowest BCUT2D eigenvalue weighted by Crippen LogP contribution is -2.07. The standard InChI is InChI=1S/C12H13ClFN3S/c1-7(2)6-15-12-16-11(17-18-12)8-3-4-10(14)9(13)5-8/h3-5,7H,6H2,1-2H3,(H,15,16,17). The molecule has 0 spiro atoms. The van der Waals surface area contributed by atoms with Crippen LogP contribution in [0, 0.1) is 11.7 Å². The number of nitrogens with zero attached hydrogens (tertiary/aromatic N) is 2. The van der Waals surface area contributed by atoms with E-state index in [2.05, 4.69) is 28.5 Å². The number of rotatable bonds is 4. The molecule has 0 bridgehead atoms. The van der Waals surface area contributed by atoms with Gasteiger partial charge in [0.2, 0.25) is 5.13 Å². The normalized spacial score (nSPS) is 10.9. The minimum Gasteiger partial charge on any atom is -0.360 e. The quantitative estimate of drug-likeness (QED) is 0.920. The molecule has 3 nitrogen and oxygen atoms in total. The van der Waals surface area contributed by atoms with Gasteiger partial charge in [0, 0.05) is 23.6 Å². The van der Waals surface area contributed by atoms with E-state index in [1.807, 2.05) is 0 Å². The van der Waals surface area contributed by atoms with Gasteiger partial charge in [0.25, 0.3) is 0 Å². The molecule has 1 heterocycles. The first kappa shape index (κ1) is 13.2. The van der Waals surface area contributed by atoms with Crippen molar-refractivity contribution in [1.82, 2.24) is 9.36 Å². The highest BCUT2D eigenvalue weighted by Crippen LogP contribution is 2.25. The Morgan fingerprint density at radius 1 is 1.44 bits per heavy atom. The fourth-order valence-corrected chi connectivity index (χ4v) is 2.11. The molecule has 0 amide bonds. The average Bonchev–Trinajstić information content (AvgIpc) is 2.79. The average molecular weight is 286 g/mol. The molecule has 0 saturated heterocycles. The maximum Gasteiger partial charge on any atom is 0.202 e. The summed E-state index contributed by atoms with van der Waals surface area (Å²) in [6.45, 7) is 5.09. The molecule has 0 saturated carbocycles. The van der Waals surface area contributed by atoms with Crippen molar-refractivity contribution < 1.29 is 4.39 Å². The van der Waals surface area contributed by atoms with Gasteiger partial charge in [-0.15, -0.1) is 0 Å². The van der Waals surface area contributed by atoms with Gasteiger partial charge in [-0.1, -0.05) is 25.4 Å². The van der Waals surface area contributed by atoms with Gasteiger partial charge in [0.1, 0.15) is 5.82 Å². The van der Waals surface area contributed by atoms with Crippen LogP contribution in [0.15, 0.2) is 18.2 Å². The summed E-state index contributed by atoms with van der Waals surface area (Å²) in [6, 6.07) is 4.47. The van der Waals surface area contributed by atoms with Crippen LogP contribution in [0.4, 0.5) is 9.52 Å². The lowest BCUT2D eigenvalue weighted by molar-refractivity contribution is 0.628. The molecule has 2 aromatic rings. The zero-order chi connectivity index (χ0) is 13.1. The van der Waals surface area contributed by atoms with Gasteiger partial charge >= 0.3 is 0 Å². The van der Waals surface area contributed by atoms with E-state index < -0.39 is 5.82 Å². The van der Waals surface area contributed by atoms with E-state index >= 15 is 0 Å². The zero-order valence-electron chi connectivity index (χ0n) is 10.1. The fraction of sp³-hybridized carbons (Fsp3) is 0.333. The third-order valence-corrected chi connectivity index (χ3v) is 3.23. The van der Waals surface area contributed by atoms with Gasteiger partial charge in [-0.2, -0.15) is 9.36 Å². The second kappa shape index (κ2) is 5.63. The van der Waals surface area contributed by atoms with E-state index in [-0.39, 0.29) is 5.02 Å². The van der Waals surface area contributed by atoms with Crippen LogP contribution in [-0.4, -0.2) is 15.9 Å². The van der Waals surface area contributed by atoms with E-state index in [4.69, 9.17) is 11.6 Å². The Morgan fingerprint density at radius 3 is 2.89 bits per heavy atom. The summed E-state index contributed by atoms with van der Waals surface area (Å²) in [7, 11) is 0. The molecule has 0 radical (unpaired) electrons. The van der Waals surface area contributed by atoms with Gasteiger partial charge in [-0.05, 0) is 24.1 Å². The Morgan fingerprint density at radius 2 is 2.22 bits per heavy atom. The second-order valence-electron chi connectivity index (χ2n) is 4.33. The van der Waals surface area contributed by atoms with Crippen LogP contribution < -0.4 is 5.32 Å². The Labute approximate surface area is 114 Å². The largest absolute Gasteiger partial charge is 0.360 e. The van der Waals surface area contributed by atoms with Crippen molar-refractivity contribution in [1.29, 1.82) is 0 Å². The number of hydrogen-bond acceptors (Lipinski definition) is 4. The number of aromatic nitrogens is 2. The molecule has 2 rings (SSSR count). The van der Waals surface area contributed by atoms with Crippen LogP contribution in [0.25, 0.3) is 11.4 Å². The highest BCUT2D eigenvalue weighted by atomic mass is 35.5. The topological polar surface area (TPSA) is 37.8 Å². The van der Waals surface area contributed by atoms with Crippen LogP contribution in [0.2, 0.25) is 5.02 Å². The van der Waals surface area contributed by atoms with E-state index in [1.165, 1.54) is 23.7 Å². The highest BCUT2D eigenvalue weighted by Gasteiger charge is 2.09. The molecule has 1 aromatic heterocycles. The molecule has 18 heavy (non-hydrogen) atoms. The molecule has 0 fully saturated rings. The number of nitrogens with one attached hydrogen (secondary N) is 1. The summed E-state index contributed by atoms with van der Waals surface area (Å²) in [5.74, 6) is 0.666. The highest BCUT2D eigenvalue weighted by molar-refractivity contribution is 7.09. The van der Waals surface area contributed by atoms with E-state index in [0.29, 0.717) is 11.7 Å². The maximum atomic E-state index is 13.0. The molecular formula is C12H13ClFN3S. The number of anilines is 1. The first-order valence-electron chi connectivity index (χ1n) is 5.59. The Bertz CT molecular complexity index is 542. The Hall–Kier alpha value is -1.20. The van der Waals surface area contributed by atoms with Crippen LogP contribution in [0.1, 0.15) is 13.8 Å². The SMILES string of the molecule is CC(C)CNc1nc(-c2ccc(F)c(Cl)c2)ns1. The Kier molecular flexibility index (Phi) is 4.14. The molecular weight excluding hydrogens is 273 g/mol. The molecule has 1 N–H and O–H groups in total. The summed E-state index contributed by atoms with van der Waals surface area (Å²) in [5, 5.41) is 4.04. The van der Waals surface area contributed by atoms with E-state index in [0.717, 1.165) is 17.2 Å². The lowest BCUT2D eigenvalue weighted by atomic mass is 10.2. The minimum atomic E-state index is -0.436. The van der Waals surface area contributed by atoms with Gasteiger partial charge in [0.05, 0.1) is 5.02 Å². The fourth-order valence-electron chi connectivity index (χ4n) is 1.34. The third-order valence-electron chi connectivity index (χ3n) is 2.27. The first-order chi connectivity index (χ1) is 8.56. The maximum absolute atomic E-state index is 13.0. The predicted octanol–water partition coefficient (Wildman–Crippen LogP) is 4.07. The zero-order valence-corrected chi connectivity index (χ0v) is 11.6. The molecule has 0 atom stereocenters. The third kappa shape index (κ3) is 3.17. The van der Waals surface area contributed by atoms with Crippen LogP contribution in [0.5, 0.6) is 0 Å². The molecule has 0 aliphatic carbocycles. The van der Waals surface area contributed by atoms with Crippen molar-refractivity contribution in [2.24, 2.45) is 5.92 Å². The summed E-state index contributed by atoms with van der Waals surface area (Å²) < 4.78 is 17.3. The van der Waals surface area contributed by atoms with Crippen molar-refractivity contribution in [3.05, 3.63) is 29.0 Å². The molecule has 0 aliphatic heterocycles. The van der Waals surface area contributed by atoms with Crippen molar-refractivity contribution >= 4 is 28.3 Å². The predicted molar refractivity (Wildman–Crippen MR) is 73.6 cm³/mol. The summed E-state index contributed by atoms with van der Waals surface area (Å²) in [6.07, 6.45) is 0. The lowest BCUT2D eigenvalue weighted by Gasteiger charge is -2.03. The number of benzene rings is 1. The molecule has 1 aromatic carbocycles. The van der Waals surface area contributed by atoms with Gasteiger partial charge in [-0.25, -0.2) is 4.39 Å². The van der Waals surface area contributed by atoms with Crippen LogP contribution in [-0.2, 0) is 0 Å². The number of halogens is 2. The van der Waals surface area contributed by atoms with Crippen LogP contribution in [0.3, 0.4) is 0 Å². The summed E-state index contributed by atoms with van der Waals surface area (Å²) in [4.78, 5) is 4.34. The van der Waals surface area contributed by atoms with E-state index in [9.17, 15) is 4.39 Å². The van der Waals surface area contributed by atoms with Crippen molar-refractivity contribution in [2.75, 3.05) is 11.9 Å². The smallest absolute Gasteiger partial charge is 0.202 e. The van der Waals surface area contributed by atoms with Gasteiger partial charge in [-0.3, -0.25) is 0 Å². The summed E-state index contributed by atoms with van der Waals surface area (Å²) >= 11 is 7.02. The summed E-state index contributed by atoms with van der Waals surface area (Å²) in [5.41, 5.74) is 0.718. The molecule has 96 valence electrons. The first-order valence-corrected chi connectivity index (χ1v) is 6.74. The molecule has 6 heteroatoms. The van der Waals surface area contributed by atoms with Crippen molar-refractivity contribution in [3.8, 4) is 11.4 Å². The monoisotopic (exact) mass is 285 g/mol. The van der Waals surface area contributed by atoms with Gasteiger partial charge in [0.15, 0.2) is 5.82 Å². The molecule has 0 unspecified atom stereocenters. The minimum absolute atomic E-state index is 0.0824. The number of hydrogen-bond donors (Lipinski definition) is 1. The van der Waals surface area contributed by atoms with Gasteiger partial charge < -0.3 is 5.32 Å². The van der Waals surface area contributed by atoms with Crippen LogP contribution >= 0.6 is 23.1 Å². The van der Waals surface area contributed by atoms with Crippen molar-refractivity contribution in [3.63, 3.8) is 0 Å². The Balaban J connectivity index is 2.16. The van der Waals surface area contributed by atoms with E-state index in [1.54, 1.807) is 6.07 Å². The second-order valence-corrected chi connectivity index (χ2v) is 5.49.